The summed E-state index contributed by atoms with van der Waals surface area (Å²) in [7, 11) is 0. The first-order chi connectivity index (χ1) is 10.8. The summed E-state index contributed by atoms with van der Waals surface area (Å²) >= 11 is 0. The number of rotatable bonds is 4. The van der Waals surface area contributed by atoms with E-state index in [1.54, 1.807) is 18.6 Å². The molecule has 2 heterocycles. The normalized spacial score (nSPS) is 10.2. The van der Waals surface area contributed by atoms with Crippen molar-refractivity contribution in [3.8, 4) is 11.3 Å². The van der Waals surface area contributed by atoms with Gasteiger partial charge in [0.25, 0.3) is 5.91 Å². The number of pyridine rings is 2. The molecule has 3 rings (SSSR count). The molecule has 0 saturated heterocycles. The maximum Gasteiger partial charge on any atom is 0.251 e. The molecule has 1 aromatic carbocycles. The Morgan fingerprint density at radius 3 is 2.50 bits per heavy atom. The van der Waals surface area contributed by atoms with E-state index in [2.05, 4.69) is 15.3 Å². The fourth-order valence-corrected chi connectivity index (χ4v) is 2.11. The molecule has 0 aliphatic heterocycles. The fraction of sp³-hybridized carbons (Fsp3) is 0.0556. The van der Waals surface area contributed by atoms with E-state index in [1.807, 2.05) is 54.6 Å². The predicted octanol–water partition coefficient (Wildman–Crippen LogP) is 3.07. The Kier molecular flexibility index (Phi) is 4.20. The summed E-state index contributed by atoms with van der Waals surface area (Å²) in [5.74, 6) is -0.101. The summed E-state index contributed by atoms with van der Waals surface area (Å²) in [5, 5.41) is 2.88. The average Bonchev–Trinajstić information content (AvgIpc) is 2.61. The van der Waals surface area contributed by atoms with Crippen LogP contribution in [-0.2, 0) is 6.54 Å². The Balaban J connectivity index is 1.66. The largest absolute Gasteiger partial charge is 0.348 e. The average molecular weight is 289 g/mol. The predicted molar refractivity (Wildman–Crippen MR) is 85.1 cm³/mol. The molecular formula is C18H15N3O. The van der Waals surface area contributed by atoms with Gasteiger partial charge >= 0.3 is 0 Å². The van der Waals surface area contributed by atoms with Crippen LogP contribution in [0, 0.1) is 0 Å². The van der Waals surface area contributed by atoms with Gasteiger partial charge in [-0.25, -0.2) is 0 Å². The highest BCUT2D eigenvalue weighted by Crippen LogP contribution is 2.16. The van der Waals surface area contributed by atoms with Gasteiger partial charge in [0.1, 0.15) is 0 Å². The fourth-order valence-electron chi connectivity index (χ4n) is 2.11. The van der Waals surface area contributed by atoms with E-state index in [0.717, 1.165) is 16.8 Å². The third-order valence-corrected chi connectivity index (χ3v) is 3.28. The van der Waals surface area contributed by atoms with Crippen LogP contribution >= 0.6 is 0 Å². The molecule has 0 fully saturated rings. The van der Waals surface area contributed by atoms with E-state index in [4.69, 9.17) is 0 Å². The Labute approximate surface area is 128 Å². The van der Waals surface area contributed by atoms with Gasteiger partial charge in [0.15, 0.2) is 0 Å². The first-order valence-electron chi connectivity index (χ1n) is 7.01. The number of nitrogens with one attached hydrogen (secondary N) is 1. The van der Waals surface area contributed by atoms with Crippen molar-refractivity contribution < 1.29 is 4.79 Å². The molecule has 0 saturated carbocycles. The van der Waals surface area contributed by atoms with E-state index in [0.29, 0.717) is 12.1 Å². The molecule has 0 radical (unpaired) electrons. The smallest absolute Gasteiger partial charge is 0.251 e. The lowest BCUT2D eigenvalue weighted by Crippen LogP contribution is -2.22. The van der Waals surface area contributed by atoms with E-state index < -0.39 is 0 Å². The zero-order valence-corrected chi connectivity index (χ0v) is 11.9. The highest BCUT2D eigenvalue weighted by atomic mass is 16.1. The second-order valence-electron chi connectivity index (χ2n) is 4.84. The standard InChI is InChI=1S/C18H15N3O/c22-18(21-13-14-4-3-10-19-12-14)16-8-6-15(7-9-16)17-5-1-2-11-20-17/h1-12H,13H2,(H,21,22). The van der Waals surface area contributed by atoms with Crippen LogP contribution in [0.4, 0.5) is 0 Å². The van der Waals surface area contributed by atoms with Gasteiger partial charge in [-0.05, 0) is 35.9 Å². The van der Waals surface area contributed by atoms with Crippen molar-refractivity contribution in [1.29, 1.82) is 0 Å². The van der Waals surface area contributed by atoms with Crippen molar-refractivity contribution in [3.63, 3.8) is 0 Å². The molecule has 0 spiro atoms. The van der Waals surface area contributed by atoms with Crippen LogP contribution in [0.2, 0.25) is 0 Å². The van der Waals surface area contributed by atoms with Gasteiger partial charge in [0.2, 0.25) is 0 Å². The summed E-state index contributed by atoms with van der Waals surface area (Å²) in [6.07, 6.45) is 5.20. The quantitative estimate of drug-likeness (QED) is 0.803. The van der Waals surface area contributed by atoms with Gasteiger partial charge in [0.05, 0.1) is 5.69 Å². The second-order valence-corrected chi connectivity index (χ2v) is 4.84. The molecule has 2 aromatic heterocycles. The zero-order valence-electron chi connectivity index (χ0n) is 11.9. The van der Waals surface area contributed by atoms with Crippen LogP contribution < -0.4 is 5.32 Å². The molecule has 108 valence electrons. The molecule has 0 bridgehead atoms. The van der Waals surface area contributed by atoms with Gasteiger partial charge in [0, 0.05) is 36.3 Å². The molecule has 0 unspecified atom stereocenters. The van der Waals surface area contributed by atoms with Crippen molar-refractivity contribution in [3.05, 3.63) is 84.3 Å². The SMILES string of the molecule is O=C(NCc1cccnc1)c1ccc(-c2ccccn2)cc1. The summed E-state index contributed by atoms with van der Waals surface area (Å²) in [4.78, 5) is 20.4. The molecular weight excluding hydrogens is 274 g/mol. The van der Waals surface area contributed by atoms with Crippen molar-refractivity contribution in [2.75, 3.05) is 0 Å². The Morgan fingerprint density at radius 2 is 1.82 bits per heavy atom. The van der Waals surface area contributed by atoms with E-state index in [-0.39, 0.29) is 5.91 Å². The lowest BCUT2D eigenvalue weighted by Gasteiger charge is -2.06. The molecule has 1 amide bonds. The van der Waals surface area contributed by atoms with Crippen LogP contribution in [0.1, 0.15) is 15.9 Å². The number of hydrogen-bond donors (Lipinski definition) is 1. The molecule has 22 heavy (non-hydrogen) atoms. The van der Waals surface area contributed by atoms with Crippen molar-refractivity contribution in [1.82, 2.24) is 15.3 Å². The number of amides is 1. The number of hydrogen-bond acceptors (Lipinski definition) is 3. The van der Waals surface area contributed by atoms with Crippen LogP contribution in [0.5, 0.6) is 0 Å². The maximum absolute atomic E-state index is 12.1. The summed E-state index contributed by atoms with van der Waals surface area (Å²) in [6.45, 7) is 0.467. The highest BCUT2D eigenvalue weighted by molar-refractivity contribution is 5.94. The van der Waals surface area contributed by atoms with Crippen molar-refractivity contribution in [2.24, 2.45) is 0 Å². The van der Waals surface area contributed by atoms with Gasteiger partial charge < -0.3 is 5.32 Å². The lowest BCUT2D eigenvalue weighted by molar-refractivity contribution is 0.0951. The maximum atomic E-state index is 12.1. The summed E-state index contributed by atoms with van der Waals surface area (Å²) in [5.41, 5.74) is 3.48. The first-order valence-corrected chi connectivity index (χ1v) is 7.01. The minimum Gasteiger partial charge on any atom is -0.348 e. The molecule has 0 atom stereocenters. The minimum absolute atomic E-state index is 0.101. The monoisotopic (exact) mass is 289 g/mol. The highest BCUT2D eigenvalue weighted by Gasteiger charge is 2.06. The van der Waals surface area contributed by atoms with Gasteiger partial charge in [-0.1, -0.05) is 24.3 Å². The van der Waals surface area contributed by atoms with Gasteiger partial charge in [-0.3, -0.25) is 14.8 Å². The summed E-state index contributed by atoms with van der Waals surface area (Å²) < 4.78 is 0. The van der Waals surface area contributed by atoms with Crippen molar-refractivity contribution >= 4 is 5.91 Å². The molecule has 0 aliphatic rings. The van der Waals surface area contributed by atoms with E-state index >= 15 is 0 Å². The number of nitrogens with zero attached hydrogens (tertiary/aromatic N) is 2. The molecule has 4 nitrogen and oxygen atoms in total. The van der Waals surface area contributed by atoms with Crippen LogP contribution in [0.3, 0.4) is 0 Å². The lowest BCUT2D eigenvalue weighted by atomic mass is 10.1. The molecule has 3 aromatic rings. The van der Waals surface area contributed by atoms with E-state index in [9.17, 15) is 4.79 Å². The van der Waals surface area contributed by atoms with Gasteiger partial charge in [-0.2, -0.15) is 0 Å². The molecule has 1 N–H and O–H groups in total. The zero-order chi connectivity index (χ0) is 15.2. The minimum atomic E-state index is -0.101. The van der Waals surface area contributed by atoms with Crippen molar-refractivity contribution in [2.45, 2.75) is 6.54 Å². The van der Waals surface area contributed by atoms with Gasteiger partial charge in [-0.15, -0.1) is 0 Å². The third-order valence-electron chi connectivity index (χ3n) is 3.28. The van der Waals surface area contributed by atoms with E-state index in [1.165, 1.54) is 0 Å². The molecule has 4 heteroatoms. The van der Waals surface area contributed by atoms with Crippen LogP contribution in [0.25, 0.3) is 11.3 Å². The Morgan fingerprint density at radius 1 is 0.955 bits per heavy atom. The van der Waals surface area contributed by atoms with Crippen LogP contribution in [0.15, 0.2) is 73.2 Å². The Hall–Kier alpha value is -3.01. The molecule has 0 aliphatic carbocycles. The number of carbonyl (C=O) groups excluding carboxylic acids is 1. The number of aromatic nitrogens is 2. The second kappa shape index (κ2) is 6.63. The number of benzene rings is 1. The summed E-state index contributed by atoms with van der Waals surface area (Å²) in [6, 6.07) is 17.0. The number of carbonyl (C=O) groups is 1. The third kappa shape index (κ3) is 3.35. The topological polar surface area (TPSA) is 54.9 Å². The van der Waals surface area contributed by atoms with Crippen LogP contribution in [-0.4, -0.2) is 15.9 Å². The Bertz CT molecular complexity index is 740. The first kappa shape index (κ1) is 13.9.